The molecule has 82 valence electrons. The number of rotatable bonds is 2. The van der Waals surface area contributed by atoms with Crippen LogP contribution in [-0.2, 0) is 4.57 Å². The first-order valence-corrected chi connectivity index (χ1v) is 7.25. The summed E-state index contributed by atoms with van der Waals surface area (Å²) in [5.74, 6) is 0. The largest absolute Gasteiger partial charge is 0.314 e. The SMILES string of the molecule is C=C(C(C)(C)C)[P@](C)(=O)c1ccccc1. The predicted octanol–water partition coefficient (Wildman–Crippen LogP) is 3.86. The molecule has 1 aromatic rings. The first-order valence-electron chi connectivity index (χ1n) is 5.09. The highest BCUT2D eigenvalue weighted by Gasteiger charge is 2.30. The summed E-state index contributed by atoms with van der Waals surface area (Å²) in [4.78, 5) is 0. The Balaban J connectivity index is 3.16. The Morgan fingerprint density at radius 2 is 1.67 bits per heavy atom. The van der Waals surface area contributed by atoms with Crippen molar-refractivity contribution in [1.29, 1.82) is 0 Å². The molecule has 0 spiro atoms. The van der Waals surface area contributed by atoms with Gasteiger partial charge in [0, 0.05) is 5.30 Å². The second-order valence-electron chi connectivity index (χ2n) is 4.96. The standard InChI is InChI=1S/C13H19OP/c1-11(13(2,3)4)15(5,14)12-9-7-6-8-10-12/h6-10H,1H2,2-5H3/t15-/m0/s1. The van der Waals surface area contributed by atoms with Crippen molar-refractivity contribution in [2.24, 2.45) is 5.41 Å². The van der Waals surface area contributed by atoms with Gasteiger partial charge in [0.2, 0.25) is 0 Å². The zero-order valence-electron chi connectivity index (χ0n) is 9.95. The van der Waals surface area contributed by atoms with Crippen LogP contribution in [0.3, 0.4) is 0 Å². The molecule has 0 aromatic heterocycles. The highest BCUT2D eigenvalue weighted by molar-refractivity contribution is 7.74. The molecule has 0 saturated heterocycles. The third-order valence-electron chi connectivity index (χ3n) is 2.63. The molecule has 0 bridgehead atoms. The average Bonchev–Trinajstić information content (AvgIpc) is 2.16. The molecule has 0 aliphatic carbocycles. The number of hydrogen-bond donors (Lipinski definition) is 0. The van der Waals surface area contributed by atoms with Crippen LogP contribution < -0.4 is 5.30 Å². The van der Waals surface area contributed by atoms with E-state index < -0.39 is 7.14 Å². The van der Waals surface area contributed by atoms with Crippen molar-refractivity contribution in [3.05, 3.63) is 42.2 Å². The van der Waals surface area contributed by atoms with Crippen molar-refractivity contribution in [2.45, 2.75) is 20.8 Å². The van der Waals surface area contributed by atoms with E-state index >= 15 is 0 Å². The summed E-state index contributed by atoms with van der Waals surface area (Å²) in [6.45, 7) is 12.0. The predicted molar refractivity (Wildman–Crippen MR) is 68.2 cm³/mol. The maximum atomic E-state index is 12.7. The molecule has 1 aromatic carbocycles. The van der Waals surface area contributed by atoms with E-state index in [1.807, 2.05) is 30.3 Å². The van der Waals surface area contributed by atoms with E-state index in [0.717, 1.165) is 10.6 Å². The third kappa shape index (κ3) is 2.60. The lowest BCUT2D eigenvalue weighted by atomic mass is 9.97. The van der Waals surface area contributed by atoms with Gasteiger partial charge in [-0.2, -0.15) is 0 Å². The molecule has 0 fully saturated rings. The molecule has 0 aliphatic rings. The Morgan fingerprint density at radius 3 is 2.07 bits per heavy atom. The van der Waals surface area contributed by atoms with Crippen LogP contribution in [0.2, 0.25) is 0 Å². The quantitative estimate of drug-likeness (QED) is 0.694. The van der Waals surface area contributed by atoms with Crippen LogP contribution in [0.4, 0.5) is 0 Å². The minimum Gasteiger partial charge on any atom is -0.314 e. The summed E-state index contributed by atoms with van der Waals surface area (Å²) in [6, 6.07) is 9.60. The van der Waals surface area contributed by atoms with Gasteiger partial charge in [0.1, 0.15) is 7.14 Å². The van der Waals surface area contributed by atoms with Crippen LogP contribution in [0, 0.1) is 5.41 Å². The van der Waals surface area contributed by atoms with Crippen LogP contribution in [0.5, 0.6) is 0 Å². The summed E-state index contributed by atoms with van der Waals surface area (Å²) >= 11 is 0. The van der Waals surface area contributed by atoms with Crippen LogP contribution in [0.15, 0.2) is 42.2 Å². The fourth-order valence-corrected chi connectivity index (χ4v) is 3.84. The Morgan fingerprint density at radius 1 is 1.20 bits per heavy atom. The summed E-state index contributed by atoms with van der Waals surface area (Å²) in [5, 5.41) is 1.73. The molecular weight excluding hydrogens is 203 g/mol. The van der Waals surface area contributed by atoms with Gasteiger partial charge in [-0.1, -0.05) is 57.7 Å². The van der Waals surface area contributed by atoms with Crippen molar-refractivity contribution in [3.63, 3.8) is 0 Å². The van der Waals surface area contributed by atoms with E-state index in [4.69, 9.17) is 0 Å². The fraction of sp³-hybridized carbons (Fsp3) is 0.385. The lowest BCUT2D eigenvalue weighted by Crippen LogP contribution is -2.14. The van der Waals surface area contributed by atoms with Crippen LogP contribution in [0.1, 0.15) is 20.8 Å². The zero-order valence-corrected chi connectivity index (χ0v) is 10.8. The minimum absolute atomic E-state index is 0.111. The van der Waals surface area contributed by atoms with E-state index in [1.54, 1.807) is 6.66 Å². The summed E-state index contributed by atoms with van der Waals surface area (Å²) in [7, 11) is -2.45. The van der Waals surface area contributed by atoms with E-state index in [-0.39, 0.29) is 5.41 Å². The van der Waals surface area contributed by atoms with E-state index in [9.17, 15) is 4.57 Å². The van der Waals surface area contributed by atoms with Gasteiger partial charge in [-0.3, -0.25) is 0 Å². The van der Waals surface area contributed by atoms with Crippen molar-refractivity contribution in [1.82, 2.24) is 0 Å². The molecule has 15 heavy (non-hydrogen) atoms. The van der Waals surface area contributed by atoms with Crippen LogP contribution >= 0.6 is 7.14 Å². The molecule has 0 radical (unpaired) electrons. The van der Waals surface area contributed by atoms with Gasteiger partial charge in [-0.25, -0.2) is 0 Å². The molecule has 0 unspecified atom stereocenters. The molecule has 2 heteroatoms. The topological polar surface area (TPSA) is 17.1 Å². The molecule has 0 amide bonds. The van der Waals surface area contributed by atoms with E-state index in [1.165, 1.54) is 0 Å². The first kappa shape index (κ1) is 12.3. The van der Waals surface area contributed by atoms with Gasteiger partial charge in [-0.05, 0) is 17.4 Å². The van der Waals surface area contributed by atoms with Crippen molar-refractivity contribution < 1.29 is 4.57 Å². The van der Waals surface area contributed by atoms with Gasteiger partial charge in [0.15, 0.2) is 0 Å². The first-order chi connectivity index (χ1) is 6.76. The lowest BCUT2D eigenvalue weighted by Gasteiger charge is -2.27. The van der Waals surface area contributed by atoms with E-state index in [2.05, 4.69) is 27.4 Å². The van der Waals surface area contributed by atoms with Gasteiger partial charge in [-0.15, -0.1) is 0 Å². The summed E-state index contributed by atoms with van der Waals surface area (Å²) in [6.07, 6.45) is 0. The molecule has 1 atom stereocenters. The monoisotopic (exact) mass is 222 g/mol. The highest BCUT2D eigenvalue weighted by atomic mass is 31.2. The molecule has 0 N–H and O–H groups in total. The van der Waals surface area contributed by atoms with Gasteiger partial charge < -0.3 is 4.57 Å². The third-order valence-corrected chi connectivity index (χ3v) is 5.61. The zero-order chi connectivity index (χ0) is 11.7. The van der Waals surface area contributed by atoms with Crippen molar-refractivity contribution in [2.75, 3.05) is 6.66 Å². The average molecular weight is 222 g/mol. The van der Waals surface area contributed by atoms with E-state index in [0.29, 0.717) is 0 Å². The molecule has 0 saturated carbocycles. The maximum Gasteiger partial charge on any atom is 0.136 e. The lowest BCUT2D eigenvalue weighted by molar-refractivity contribution is 0.518. The van der Waals surface area contributed by atoms with Crippen LogP contribution in [0.25, 0.3) is 0 Å². The number of allylic oxidation sites excluding steroid dienone is 1. The number of hydrogen-bond acceptors (Lipinski definition) is 1. The normalized spacial score (nSPS) is 15.7. The molecule has 0 heterocycles. The summed E-state index contributed by atoms with van der Waals surface area (Å²) in [5.41, 5.74) is -0.111. The molecule has 1 rings (SSSR count). The van der Waals surface area contributed by atoms with Gasteiger partial charge >= 0.3 is 0 Å². The van der Waals surface area contributed by atoms with Crippen molar-refractivity contribution >= 4 is 12.4 Å². The Kier molecular flexibility index (Phi) is 3.25. The highest BCUT2D eigenvalue weighted by Crippen LogP contribution is 2.55. The molecule has 0 aliphatic heterocycles. The maximum absolute atomic E-state index is 12.7. The fourth-order valence-electron chi connectivity index (χ4n) is 1.51. The molecule has 1 nitrogen and oxygen atoms in total. The second-order valence-corrected chi connectivity index (χ2v) is 7.86. The Bertz CT molecular complexity index is 398. The Labute approximate surface area is 92.6 Å². The second kappa shape index (κ2) is 3.98. The number of benzene rings is 1. The van der Waals surface area contributed by atoms with Crippen LogP contribution in [-0.4, -0.2) is 6.66 Å². The van der Waals surface area contributed by atoms with Gasteiger partial charge in [0.05, 0.1) is 0 Å². The smallest absolute Gasteiger partial charge is 0.136 e. The summed E-state index contributed by atoms with van der Waals surface area (Å²) < 4.78 is 12.7. The minimum atomic E-state index is -2.45. The molecular formula is C13H19OP. The Hall–Kier alpha value is -0.810. The van der Waals surface area contributed by atoms with Crippen molar-refractivity contribution in [3.8, 4) is 0 Å². The van der Waals surface area contributed by atoms with Gasteiger partial charge in [0.25, 0.3) is 0 Å².